The number of nitrogens with zero attached hydrogens (tertiary/aromatic N) is 2. The second-order valence-corrected chi connectivity index (χ2v) is 7.51. The van der Waals surface area contributed by atoms with Crippen LogP contribution in [0.1, 0.15) is 65.3 Å². The van der Waals surface area contributed by atoms with Crippen LogP contribution in [0, 0.1) is 18.8 Å². The van der Waals surface area contributed by atoms with E-state index in [4.69, 9.17) is 10.7 Å². The summed E-state index contributed by atoms with van der Waals surface area (Å²) < 4.78 is 0. The molecular formula is C17H30N4. The predicted octanol–water partition coefficient (Wildman–Crippen LogP) is 3.90. The molecule has 0 bridgehead atoms. The van der Waals surface area contributed by atoms with Crippen LogP contribution in [-0.4, -0.2) is 16.0 Å². The van der Waals surface area contributed by atoms with E-state index in [1.165, 1.54) is 19.3 Å². The summed E-state index contributed by atoms with van der Waals surface area (Å²) in [5, 5.41) is 3.65. The van der Waals surface area contributed by atoms with Crippen LogP contribution in [0.4, 0.5) is 11.6 Å². The van der Waals surface area contributed by atoms with E-state index in [1.54, 1.807) is 0 Å². The molecule has 4 nitrogen and oxygen atoms in total. The van der Waals surface area contributed by atoms with E-state index in [0.29, 0.717) is 17.8 Å². The highest BCUT2D eigenvalue weighted by Crippen LogP contribution is 2.36. The minimum absolute atomic E-state index is 0.0918. The third kappa shape index (κ3) is 3.30. The second-order valence-electron chi connectivity index (χ2n) is 7.51. The van der Waals surface area contributed by atoms with Crippen LogP contribution < -0.4 is 11.1 Å². The molecule has 3 N–H and O–H groups in total. The molecule has 0 amide bonds. The van der Waals surface area contributed by atoms with Crippen molar-refractivity contribution in [3.63, 3.8) is 0 Å². The molecule has 3 atom stereocenters. The fourth-order valence-corrected chi connectivity index (χ4v) is 3.21. The van der Waals surface area contributed by atoms with Gasteiger partial charge >= 0.3 is 0 Å². The van der Waals surface area contributed by atoms with Gasteiger partial charge in [-0.05, 0) is 31.6 Å². The van der Waals surface area contributed by atoms with Crippen molar-refractivity contribution in [1.29, 1.82) is 0 Å². The zero-order valence-corrected chi connectivity index (χ0v) is 14.3. The summed E-state index contributed by atoms with van der Waals surface area (Å²) in [6.07, 6.45) is 3.78. The maximum Gasteiger partial charge on any atom is 0.138 e. The minimum Gasteiger partial charge on any atom is -0.383 e. The molecule has 1 aromatic heterocycles. The third-order valence-corrected chi connectivity index (χ3v) is 4.93. The van der Waals surface area contributed by atoms with Crippen LogP contribution in [0.25, 0.3) is 0 Å². The molecule has 21 heavy (non-hydrogen) atoms. The molecule has 2 rings (SSSR count). The molecule has 1 aliphatic carbocycles. The van der Waals surface area contributed by atoms with Crippen molar-refractivity contribution in [2.24, 2.45) is 11.8 Å². The molecule has 0 spiro atoms. The Hall–Kier alpha value is -1.32. The molecule has 0 aromatic carbocycles. The smallest absolute Gasteiger partial charge is 0.138 e. The zero-order valence-electron chi connectivity index (χ0n) is 14.3. The summed E-state index contributed by atoms with van der Waals surface area (Å²) in [7, 11) is 0. The van der Waals surface area contributed by atoms with E-state index in [1.807, 2.05) is 6.92 Å². The Labute approximate surface area is 128 Å². The topological polar surface area (TPSA) is 63.8 Å². The van der Waals surface area contributed by atoms with Gasteiger partial charge in [-0.15, -0.1) is 0 Å². The van der Waals surface area contributed by atoms with Crippen molar-refractivity contribution in [2.75, 3.05) is 11.1 Å². The van der Waals surface area contributed by atoms with Gasteiger partial charge in [-0.2, -0.15) is 0 Å². The van der Waals surface area contributed by atoms with E-state index in [9.17, 15) is 0 Å². The maximum absolute atomic E-state index is 6.09. The number of hydrogen-bond acceptors (Lipinski definition) is 4. The van der Waals surface area contributed by atoms with Gasteiger partial charge in [-0.1, -0.05) is 41.0 Å². The van der Waals surface area contributed by atoms with Gasteiger partial charge in [0.05, 0.1) is 0 Å². The lowest BCUT2D eigenvalue weighted by atomic mass is 9.93. The Balaban J connectivity index is 2.26. The number of anilines is 2. The molecule has 0 aliphatic heterocycles. The Kier molecular flexibility index (Phi) is 4.45. The molecule has 118 valence electrons. The van der Waals surface area contributed by atoms with Gasteiger partial charge in [0.1, 0.15) is 17.5 Å². The largest absolute Gasteiger partial charge is 0.383 e. The first-order chi connectivity index (χ1) is 9.74. The Bertz CT molecular complexity index is 504. The molecule has 0 saturated heterocycles. The summed E-state index contributed by atoms with van der Waals surface area (Å²) in [6, 6.07) is 0.496. The highest BCUT2D eigenvalue weighted by molar-refractivity contribution is 5.55. The number of nitrogens with two attached hydrogens (primary N) is 1. The molecule has 4 heteroatoms. The van der Waals surface area contributed by atoms with Crippen molar-refractivity contribution in [3.8, 4) is 0 Å². The lowest BCUT2D eigenvalue weighted by molar-refractivity contribution is 0.391. The first kappa shape index (κ1) is 16.1. The van der Waals surface area contributed by atoms with Gasteiger partial charge in [-0.3, -0.25) is 0 Å². The van der Waals surface area contributed by atoms with Crippen molar-refractivity contribution in [1.82, 2.24) is 9.97 Å². The number of rotatable bonds is 3. The second kappa shape index (κ2) is 5.82. The van der Waals surface area contributed by atoms with E-state index < -0.39 is 0 Å². The van der Waals surface area contributed by atoms with Gasteiger partial charge < -0.3 is 11.1 Å². The molecule has 1 fully saturated rings. The van der Waals surface area contributed by atoms with Crippen molar-refractivity contribution in [3.05, 3.63) is 11.4 Å². The average Bonchev–Trinajstić information content (AvgIpc) is 2.74. The molecular weight excluding hydrogens is 260 g/mol. The summed E-state index contributed by atoms with van der Waals surface area (Å²) in [5.41, 5.74) is 6.97. The zero-order chi connectivity index (χ0) is 15.8. The van der Waals surface area contributed by atoms with Gasteiger partial charge in [0, 0.05) is 17.0 Å². The number of nitrogen functional groups attached to an aromatic ring is 1. The lowest BCUT2D eigenvalue weighted by Crippen LogP contribution is -2.27. The molecule has 1 saturated carbocycles. The van der Waals surface area contributed by atoms with Crippen LogP contribution in [-0.2, 0) is 5.41 Å². The first-order valence-electron chi connectivity index (χ1n) is 8.15. The number of aromatic nitrogens is 2. The van der Waals surface area contributed by atoms with Crippen LogP contribution in [0.15, 0.2) is 0 Å². The summed E-state index contributed by atoms with van der Waals surface area (Å²) >= 11 is 0. The van der Waals surface area contributed by atoms with E-state index in [0.717, 1.165) is 23.1 Å². The summed E-state index contributed by atoms with van der Waals surface area (Å²) in [6.45, 7) is 13.0. The Morgan fingerprint density at radius 2 is 1.90 bits per heavy atom. The van der Waals surface area contributed by atoms with Crippen molar-refractivity contribution >= 4 is 11.6 Å². The highest BCUT2D eigenvalue weighted by atomic mass is 15.1. The Morgan fingerprint density at radius 1 is 1.24 bits per heavy atom. The molecule has 3 unspecified atom stereocenters. The van der Waals surface area contributed by atoms with Crippen molar-refractivity contribution in [2.45, 2.75) is 72.3 Å². The van der Waals surface area contributed by atoms with Gasteiger partial charge in [0.2, 0.25) is 0 Å². The fourth-order valence-electron chi connectivity index (χ4n) is 3.21. The monoisotopic (exact) mass is 290 g/mol. The fraction of sp³-hybridized carbons (Fsp3) is 0.765. The maximum atomic E-state index is 6.09. The molecule has 1 aliphatic rings. The molecule has 1 heterocycles. The highest BCUT2D eigenvalue weighted by Gasteiger charge is 2.32. The molecule has 0 radical (unpaired) electrons. The summed E-state index contributed by atoms with van der Waals surface area (Å²) in [4.78, 5) is 9.21. The normalized spacial score (nSPS) is 26.1. The summed E-state index contributed by atoms with van der Waals surface area (Å²) in [5.74, 6) is 3.83. The standard InChI is InChI=1S/C17H30N4/c1-7-12-8-9-13(10(12)2)19-15-11(3)14(18)20-16(21-15)17(4,5)6/h10,12-13H,7-9H2,1-6H3,(H3,18,19,20,21). The first-order valence-corrected chi connectivity index (χ1v) is 8.15. The number of nitrogens with one attached hydrogen (secondary N) is 1. The lowest BCUT2D eigenvalue weighted by Gasteiger charge is -2.24. The minimum atomic E-state index is -0.0918. The van der Waals surface area contributed by atoms with E-state index in [2.05, 4.69) is 44.9 Å². The average molecular weight is 290 g/mol. The van der Waals surface area contributed by atoms with Crippen LogP contribution in [0.3, 0.4) is 0 Å². The number of hydrogen-bond donors (Lipinski definition) is 2. The molecule has 1 aromatic rings. The van der Waals surface area contributed by atoms with Gasteiger partial charge in [0.25, 0.3) is 0 Å². The van der Waals surface area contributed by atoms with Gasteiger partial charge in [0.15, 0.2) is 0 Å². The van der Waals surface area contributed by atoms with Crippen LogP contribution >= 0.6 is 0 Å². The quantitative estimate of drug-likeness (QED) is 0.886. The van der Waals surface area contributed by atoms with Crippen LogP contribution in [0.2, 0.25) is 0 Å². The SMILES string of the molecule is CCC1CCC(Nc2nc(C(C)(C)C)nc(N)c2C)C1C. The Morgan fingerprint density at radius 3 is 2.43 bits per heavy atom. The van der Waals surface area contributed by atoms with Gasteiger partial charge in [-0.25, -0.2) is 9.97 Å². The van der Waals surface area contributed by atoms with E-state index in [-0.39, 0.29) is 5.41 Å². The third-order valence-electron chi connectivity index (χ3n) is 4.93. The predicted molar refractivity (Wildman–Crippen MR) is 89.5 cm³/mol. The van der Waals surface area contributed by atoms with E-state index >= 15 is 0 Å². The van der Waals surface area contributed by atoms with Crippen molar-refractivity contribution < 1.29 is 0 Å². The van der Waals surface area contributed by atoms with Crippen LogP contribution in [0.5, 0.6) is 0 Å².